The summed E-state index contributed by atoms with van der Waals surface area (Å²) in [5.41, 5.74) is 6.94. The van der Waals surface area contributed by atoms with Crippen molar-refractivity contribution in [2.24, 2.45) is 5.73 Å². The molecule has 6 nitrogen and oxygen atoms in total. The van der Waals surface area contributed by atoms with Gasteiger partial charge < -0.3 is 19.8 Å². The van der Waals surface area contributed by atoms with E-state index in [0.29, 0.717) is 18.6 Å². The summed E-state index contributed by atoms with van der Waals surface area (Å²) in [6.07, 6.45) is 2.89. The predicted octanol–water partition coefficient (Wildman–Crippen LogP) is 2.80. The maximum Gasteiger partial charge on any atom is 0.171 e. The highest BCUT2D eigenvalue weighted by Crippen LogP contribution is 2.42. The molecule has 4 rings (SSSR count). The van der Waals surface area contributed by atoms with Gasteiger partial charge in [-0.1, -0.05) is 12.1 Å². The Balaban J connectivity index is 1.51. The Kier molecular flexibility index (Phi) is 3.95. The topological polar surface area (TPSA) is 75.2 Å². The van der Waals surface area contributed by atoms with Gasteiger partial charge >= 0.3 is 0 Å². The Morgan fingerprint density at radius 1 is 1.32 bits per heavy atom. The number of nitrogens with two attached hydrogens (primary N) is 1. The van der Waals surface area contributed by atoms with Crippen molar-refractivity contribution in [2.75, 3.05) is 0 Å². The van der Waals surface area contributed by atoms with E-state index in [1.807, 2.05) is 12.1 Å². The van der Waals surface area contributed by atoms with E-state index in [4.69, 9.17) is 15.2 Å². The summed E-state index contributed by atoms with van der Waals surface area (Å²) >= 11 is 0. The summed E-state index contributed by atoms with van der Waals surface area (Å²) in [4.78, 5) is 0. The third kappa shape index (κ3) is 2.99. The van der Waals surface area contributed by atoms with E-state index >= 15 is 0 Å². The Morgan fingerprint density at radius 2 is 2.12 bits per heavy atom. The minimum Gasteiger partial charge on any atom is -0.483 e. The Bertz CT molecular complexity index is 778. The van der Waals surface area contributed by atoms with Crippen molar-refractivity contribution in [3.63, 3.8) is 0 Å². The highest BCUT2D eigenvalue weighted by Gasteiger charge is 2.33. The Labute approximate surface area is 148 Å². The van der Waals surface area contributed by atoms with Crippen LogP contribution in [0.2, 0.25) is 0 Å². The Morgan fingerprint density at radius 3 is 2.84 bits per heavy atom. The average Bonchev–Trinajstić information content (AvgIpc) is 3.08. The van der Waals surface area contributed by atoms with Crippen LogP contribution in [0.5, 0.6) is 11.5 Å². The van der Waals surface area contributed by atoms with Crippen molar-refractivity contribution in [1.29, 1.82) is 0 Å². The second-order valence-electron chi connectivity index (χ2n) is 7.72. The maximum atomic E-state index is 6.07. The van der Waals surface area contributed by atoms with Crippen LogP contribution in [-0.4, -0.2) is 26.4 Å². The number of para-hydroxylation sites is 1. The highest BCUT2D eigenvalue weighted by molar-refractivity contribution is 5.50. The first kappa shape index (κ1) is 16.4. The average molecular weight is 342 g/mol. The van der Waals surface area contributed by atoms with Gasteiger partial charge in [-0.25, -0.2) is 0 Å². The molecule has 1 aliphatic heterocycles. The molecular weight excluding hydrogens is 316 g/mol. The van der Waals surface area contributed by atoms with Gasteiger partial charge in [0.25, 0.3) is 0 Å². The first-order valence-electron chi connectivity index (χ1n) is 9.08. The van der Waals surface area contributed by atoms with Crippen LogP contribution in [0, 0.1) is 0 Å². The minimum absolute atomic E-state index is 0.179. The molecule has 2 heterocycles. The van der Waals surface area contributed by atoms with Gasteiger partial charge in [-0.05, 0) is 39.7 Å². The zero-order valence-corrected chi connectivity index (χ0v) is 15.2. The molecule has 1 saturated carbocycles. The zero-order chi connectivity index (χ0) is 17.6. The molecule has 6 heteroatoms. The molecule has 0 bridgehead atoms. The van der Waals surface area contributed by atoms with Crippen LogP contribution in [0.15, 0.2) is 18.2 Å². The van der Waals surface area contributed by atoms with Crippen molar-refractivity contribution < 1.29 is 9.47 Å². The maximum absolute atomic E-state index is 6.07. The lowest BCUT2D eigenvalue weighted by atomic mass is 9.80. The Hall–Kier alpha value is -2.08. The van der Waals surface area contributed by atoms with Gasteiger partial charge in [0.1, 0.15) is 18.0 Å². The highest BCUT2D eigenvalue weighted by atomic mass is 16.5. The number of nitrogens with zero attached hydrogens (tertiary/aromatic N) is 3. The summed E-state index contributed by atoms with van der Waals surface area (Å²) in [5.74, 6) is 3.97. The number of benzene rings is 1. The van der Waals surface area contributed by atoms with Crippen LogP contribution in [0.3, 0.4) is 0 Å². The van der Waals surface area contributed by atoms with E-state index in [1.165, 1.54) is 5.56 Å². The van der Waals surface area contributed by atoms with E-state index in [2.05, 4.69) is 41.6 Å². The number of aromatic nitrogens is 3. The minimum atomic E-state index is -0.179. The molecule has 2 aliphatic rings. The van der Waals surface area contributed by atoms with Crippen molar-refractivity contribution in [1.82, 2.24) is 14.8 Å². The fourth-order valence-corrected chi connectivity index (χ4v) is 3.82. The molecule has 0 amide bonds. The molecular formula is C19H26N4O2. The first-order valence-corrected chi connectivity index (χ1v) is 9.08. The molecule has 134 valence electrons. The fourth-order valence-electron chi connectivity index (χ4n) is 3.82. The second kappa shape index (κ2) is 6.02. The van der Waals surface area contributed by atoms with Crippen molar-refractivity contribution in [2.45, 2.75) is 70.7 Å². The fraction of sp³-hybridized carbons (Fsp3) is 0.579. The van der Waals surface area contributed by atoms with Crippen LogP contribution in [-0.2, 0) is 19.6 Å². The molecule has 0 spiro atoms. The van der Waals surface area contributed by atoms with Gasteiger partial charge in [0.05, 0.1) is 0 Å². The van der Waals surface area contributed by atoms with Gasteiger partial charge in [0.15, 0.2) is 17.3 Å². The van der Waals surface area contributed by atoms with Crippen LogP contribution in [0.25, 0.3) is 0 Å². The molecule has 2 N–H and O–H groups in total. The lowest BCUT2D eigenvalue weighted by Gasteiger charge is -2.31. The number of hydrogen-bond donors (Lipinski definition) is 1. The van der Waals surface area contributed by atoms with Crippen LogP contribution < -0.4 is 15.2 Å². The molecule has 1 fully saturated rings. The third-order valence-electron chi connectivity index (χ3n) is 5.12. The summed E-state index contributed by atoms with van der Waals surface area (Å²) in [5, 5.41) is 8.76. The van der Waals surface area contributed by atoms with E-state index in [9.17, 15) is 0 Å². The van der Waals surface area contributed by atoms with Crippen molar-refractivity contribution in [3.05, 3.63) is 35.4 Å². The summed E-state index contributed by atoms with van der Waals surface area (Å²) in [6.45, 7) is 7.53. The van der Waals surface area contributed by atoms with E-state index in [0.717, 1.165) is 49.0 Å². The summed E-state index contributed by atoms with van der Waals surface area (Å²) < 4.78 is 14.3. The zero-order valence-electron chi connectivity index (χ0n) is 15.2. The quantitative estimate of drug-likeness (QED) is 0.904. The first-order chi connectivity index (χ1) is 12.0. The van der Waals surface area contributed by atoms with Gasteiger partial charge in [-0.15, -0.1) is 10.2 Å². The van der Waals surface area contributed by atoms with Gasteiger partial charge in [-0.2, -0.15) is 0 Å². The molecule has 0 atom stereocenters. The van der Waals surface area contributed by atoms with E-state index < -0.39 is 0 Å². The SMILES string of the molecule is CCn1c(COc2cccc3c2OC(C)(C)C3)nnc1C1CC(N)C1. The molecule has 2 aromatic rings. The van der Waals surface area contributed by atoms with Gasteiger partial charge in [0, 0.05) is 30.5 Å². The largest absolute Gasteiger partial charge is 0.483 e. The number of ether oxygens (including phenoxy) is 2. The summed E-state index contributed by atoms with van der Waals surface area (Å²) in [6, 6.07) is 6.38. The van der Waals surface area contributed by atoms with Crippen molar-refractivity contribution in [3.8, 4) is 11.5 Å². The summed E-state index contributed by atoms with van der Waals surface area (Å²) in [7, 11) is 0. The number of fused-ring (bicyclic) bond motifs is 1. The molecule has 25 heavy (non-hydrogen) atoms. The van der Waals surface area contributed by atoms with E-state index in [-0.39, 0.29) is 5.60 Å². The molecule has 0 saturated heterocycles. The molecule has 1 aromatic heterocycles. The van der Waals surface area contributed by atoms with Gasteiger partial charge in [0.2, 0.25) is 0 Å². The van der Waals surface area contributed by atoms with Crippen LogP contribution in [0.1, 0.15) is 56.7 Å². The monoisotopic (exact) mass is 342 g/mol. The smallest absolute Gasteiger partial charge is 0.171 e. The van der Waals surface area contributed by atoms with Gasteiger partial charge in [-0.3, -0.25) is 0 Å². The predicted molar refractivity (Wildman–Crippen MR) is 94.8 cm³/mol. The lowest BCUT2D eigenvalue weighted by Crippen LogP contribution is -2.36. The third-order valence-corrected chi connectivity index (χ3v) is 5.12. The molecule has 0 unspecified atom stereocenters. The van der Waals surface area contributed by atoms with Crippen LogP contribution >= 0.6 is 0 Å². The van der Waals surface area contributed by atoms with E-state index in [1.54, 1.807) is 0 Å². The standard InChI is InChI=1S/C19H26N4O2/c1-4-23-16(21-22-18(23)13-8-14(20)9-13)11-24-15-7-5-6-12-10-19(2,3)25-17(12)15/h5-7,13-14H,4,8-11,20H2,1-3H3. The second-order valence-corrected chi connectivity index (χ2v) is 7.72. The van der Waals surface area contributed by atoms with Crippen LogP contribution in [0.4, 0.5) is 0 Å². The molecule has 0 radical (unpaired) electrons. The number of rotatable bonds is 5. The normalized spacial score (nSPS) is 23.7. The molecule has 1 aliphatic carbocycles. The van der Waals surface area contributed by atoms with Crippen molar-refractivity contribution >= 4 is 0 Å². The lowest BCUT2D eigenvalue weighted by molar-refractivity contribution is 0.131. The molecule has 1 aromatic carbocycles. The number of hydrogen-bond acceptors (Lipinski definition) is 5.